The van der Waals surface area contributed by atoms with Crippen molar-refractivity contribution in [1.29, 1.82) is 0 Å². The van der Waals surface area contributed by atoms with Crippen molar-refractivity contribution in [3.63, 3.8) is 0 Å². The average Bonchev–Trinajstić information content (AvgIpc) is 3.23. The SMILES string of the molecule is CC.CCC1=C(F)CCC=C1c1cc(CC(=O)NC)ccc1OC1CCCC1. The highest BCUT2D eigenvalue weighted by Crippen LogP contribution is 2.40. The van der Waals surface area contributed by atoms with Gasteiger partial charge >= 0.3 is 0 Å². The number of rotatable bonds is 6. The lowest BCUT2D eigenvalue weighted by atomic mass is 9.88. The van der Waals surface area contributed by atoms with Crippen molar-refractivity contribution < 1.29 is 13.9 Å². The third-order valence-electron chi connectivity index (χ3n) is 5.29. The monoisotopic (exact) mass is 387 g/mol. The summed E-state index contributed by atoms with van der Waals surface area (Å²) in [5.41, 5.74) is 3.54. The van der Waals surface area contributed by atoms with Crippen molar-refractivity contribution in [3.05, 3.63) is 46.8 Å². The molecule has 3 nitrogen and oxygen atoms in total. The fourth-order valence-corrected chi connectivity index (χ4v) is 3.88. The molecule has 1 amide bonds. The normalized spacial score (nSPS) is 17.0. The van der Waals surface area contributed by atoms with Crippen LogP contribution < -0.4 is 10.1 Å². The summed E-state index contributed by atoms with van der Waals surface area (Å²) in [4.78, 5) is 11.8. The standard InChI is InChI=1S/C22H28FNO2.C2H6/c1-3-17-18(9-6-10-20(17)23)19-13-15(14-22(25)24-2)11-12-21(19)26-16-7-4-5-8-16;1-2/h9,11-13,16H,3-8,10,14H2,1-2H3,(H,24,25);1-2H3. The Bertz CT molecular complexity index is 730. The maximum absolute atomic E-state index is 14.4. The second-order valence-corrected chi connectivity index (χ2v) is 7.10. The summed E-state index contributed by atoms with van der Waals surface area (Å²) in [6.07, 6.45) is 9.04. The van der Waals surface area contributed by atoms with Crippen molar-refractivity contribution in [2.45, 2.75) is 78.2 Å². The molecule has 0 aromatic heterocycles. The lowest BCUT2D eigenvalue weighted by molar-refractivity contribution is -0.119. The van der Waals surface area contributed by atoms with Gasteiger partial charge in [0.1, 0.15) is 11.6 Å². The van der Waals surface area contributed by atoms with Crippen LogP contribution in [-0.4, -0.2) is 19.1 Å². The molecule has 1 fully saturated rings. The lowest BCUT2D eigenvalue weighted by Gasteiger charge is -2.22. The number of benzene rings is 1. The lowest BCUT2D eigenvalue weighted by Crippen LogP contribution is -2.20. The zero-order valence-electron chi connectivity index (χ0n) is 17.7. The third-order valence-corrected chi connectivity index (χ3v) is 5.29. The van der Waals surface area contributed by atoms with E-state index in [0.717, 1.165) is 40.9 Å². The molecule has 0 bridgehead atoms. The number of allylic oxidation sites excluding steroid dienone is 4. The van der Waals surface area contributed by atoms with Gasteiger partial charge in [-0.25, -0.2) is 4.39 Å². The van der Waals surface area contributed by atoms with Gasteiger partial charge in [0.25, 0.3) is 0 Å². The summed E-state index contributed by atoms with van der Waals surface area (Å²) in [6.45, 7) is 5.99. The highest BCUT2D eigenvalue weighted by atomic mass is 19.1. The summed E-state index contributed by atoms with van der Waals surface area (Å²) < 4.78 is 20.7. The number of hydrogen-bond donors (Lipinski definition) is 1. The fraction of sp³-hybridized carbons (Fsp3) is 0.542. The summed E-state index contributed by atoms with van der Waals surface area (Å²) in [5, 5.41) is 2.66. The zero-order chi connectivity index (χ0) is 20.5. The van der Waals surface area contributed by atoms with E-state index in [9.17, 15) is 9.18 Å². The number of hydrogen-bond acceptors (Lipinski definition) is 2. The van der Waals surface area contributed by atoms with E-state index in [4.69, 9.17) is 4.74 Å². The molecular formula is C24H34FNO2. The average molecular weight is 388 g/mol. The van der Waals surface area contributed by atoms with E-state index >= 15 is 0 Å². The summed E-state index contributed by atoms with van der Waals surface area (Å²) in [5.74, 6) is 0.758. The topological polar surface area (TPSA) is 38.3 Å². The smallest absolute Gasteiger partial charge is 0.224 e. The van der Waals surface area contributed by atoms with Crippen LogP contribution in [0.15, 0.2) is 35.7 Å². The van der Waals surface area contributed by atoms with Crippen LogP contribution >= 0.6 is 0 Å². The predicted molar refractivity (Wildman–Crippen MR) is 114 cm³/mol. The van der Waals surface area contributed by atoms with Gasteiger partial charge in [0.15, 0.2) is 0 Å². The quantitative estimate of drug-likeness (QED) is 0.637. The molecule has 0 heterocycles. The number of amides is 1. The molecule has 0 aliphatic heterocycles. The number of ether oxygens (including phenoxy) is 1. The Hall–Kier alpha value is -2.10. The van der Waals surface area contributed by atoms with E-state index < -0.39 is 0 Å². The van der Waals surface area contributed by atoms with Gasteiger partial charge in [-0.05, 0) is 67.4 Å². The van der Waals surface area contributed by atoms with Crippen LogP contribution in [0.5, 0.6) is 5.75 Å². The van der Waals surface area contributed by atoms with E-state index in [1.807, 2.05) is 39.0 Å². The molecule has 0 spiro atoms. The summed E-state index contributed by atoms with van der Waals surface area (Å²) in [6, 6.07) is 5.89. The molecule has 1 N–H and O–H groups in total. The van der Waals surface area contributed by atoms with E-state index in [-0.39, 0.29) is 17.8 Å². The van der Waals surface area contributed by atoms with Crippen LogP contribution in [0.4, 0.5) is 4.39 Å². The molecule has 2 aliphatic carbocycles. The third kappa shape index (κ3) is 5.46. The minimum atomic E-state index is -0.0320. The molecule has 3 rings (SSSR count). The first-order chi connectivity index (χ1) is 13.6. The first kappa shape index (κ1) is 22.2. The Morgan fingerprint density at radius 3 is 2.61 bits per heavy atom. The van der Waals surface area contributed by atoms with Crippen molar-refractivity contribution in [2.24, 2.45) is 0 Å². The summed E-state index contributed by atoms with van der Waals surface area (Å²) >= 11 is 0. The number of carbonyl (C=O) groups excluding carboxylic acids is 1. The molecule has 0 radical (unpaired) electrons. The van der Waals surface area contributed by atoms with Crippen LogP contribution in [0.3, 0.4) is 0 Å². The van der Waals surface area contributed by atoms with Gasteiger partial charge < -0.3 is 10.1 Å². The van der Waals surface area contributed by atoms with Gasteiger partial charge in [0.05, 0.1) is 12.5 Å². The van der Waals surface area contributed by atoms with Crippen molar-refractivity contribution >= 4 is 11.5 Å². The molecule has 4 heteroatoms. The molecule has 1 aromatic carbocycles. The van der Waals surface area contributed by atoms with E-state index in [0.29, 0.717) is 25.7 Å². The van der Waals surface area contributed by atoms with Gasteiger partial charge in [-0.2, -0.15) is 0 Å². The number of likely N-dealkylation sites (N-methyl/N-ethyl adjacent to an activating group) is 1. The Kier molecular flexibility index (Phi) is 8.75. The minimum absolute atomic E-state index is 0.0199. The van der Waals surface area contributed by atoms with Gasteiger partial charge in [-0.1, -0.05) is 32.9 Å². The highest BCUT2D eigenvalue weighted by Gasteiger charge is 2.23. The Morgan fingerprint density at radius 2 is 1.96 bits per heavy atom. The number of nitrogens with one attached hydrogen (secondary N) is 1. The molecule has 0 atom stereocenters. The highest BCUT2D eigenvalue weighted by molar-refractivity contribution is 5.85. The van der Waals surface area contributed by atoms with Crippen molar-refractivity contribution in [1.82, 2.24) is 5.32 Å². The minimum Gasteiger partial charge on any atom is -0.490 e. The summed E-state index contributed by atoms with van der Waals surface area (Å²) in [7, 11) is 1.64. The molecule has 0 unspecified atom stereocenters. The van der Waals surface area contributed by atoms with Crippen molar-refractivity contribution in [3.8, 4) is 5.75 Å². The maximum Gasteiger partial charge on any atom is 0.224 e. The van der Waals surface area contributed by atoms with Gasteiger partial charge in [-0.3, -0.25) is 4.79 Å². The maximum atomic E-state index is 14.4. The number of halogens is 1. The van der Waals surface area contributed by atoms with Crippen LogP contribution in [-0.2, 0) is 11.2 Å². The second kappa shape index (κ2) is 11.0. The molecule has 2 aliphatic rings. The fourth-order valence-electron chi connectivity index (χ4n) is 3.88. The molecule has 154 valence electrons. The van der Waals surface area contributed by atoms with Crippen LogP contribution in [0.2, 0.25) is 0 Å². The Morgan fingerprint density at radius 1 is 1.25 bits per heavy atom. The predicted octanol–water partition coefficient (Wildman–Crippen LogP) is 6.13. The molecule has 0 saturated heterocycles. The van der Waals surface area contributed by atoms with Crippen LogP contribution in [0, 0.1) is 0 Å². The van der Waals surface area contributed by atoms with E-state index in [1.165, 1.54) is 12.8 Å². The van der Waals surface area contributed by atoms with Crippen LogP contribution in [0.25, 0.3) is 5.57 Å². The Labute approximate surface area is 169 Å². The largest absolute Gasteiger partial charge is 0.490 e. The van der Waals surface area contributed by atoms with E-state index in [1.54, 1.807) is 7.05 Å². The van der Waals surface area contributed by atoms with Crippen LogP contribution in [0.1, 0.15) is 76.8 Å². The van der Waals surface area contributed by atoms with E-state index in [2.05, 4.69) is 11.4 Å². The first-order valence-electron chi connectivity index (χ1n) is 10.7. The van der Waals surface area contributed by atoms with Crippen molar-refractivity contribution in [2.75, 3.05) is 7.05 Å². The van der Waals surface area contributed by atoms with Gasteiger partial charge in [-0.15, -0.1) is 0 Å². The van der Waals surface area contributed by atoms with Gasteiger partial charge in [0.2, 0.25) is 5.91 Å². The number of carbonyl (C=O) groups is 1. The second-order valence-electron chi connectivity index (χ2n) is 7.10. The van der Waals surface area contributed by atoms with Gasteiger partial charge in [0, 0.05) is 19.0 Å². The molecule has 1 saturated carbocycles. The zero-order valence-corrected chi connectivity index (χ0v) is 17.7. The molecular weight excluding hydrogens is 353 g/mol. The molecule has 28 heavy (non-hydrogen) atoms. The Balaban J connectivity index is 0.00000136. The molecule has 1 aromatic rings. The first-order valence-corrected chi connectivity index (χ1v) is 10.7.